The summed E-state index contributed by atoms with van der Waals surface area (Å²) >= 11 is 5.80. The molecule has 0 aliphatic carbocycles. The van der Waals surface area contributed by atoms with Crippen LogP contribution in [0.4, 0.5) is 0 Å². The minimum atomic E-state index is -0.0606. The molecule has 112 valence electrons. The first kappa shape index (κ1) is 16.2. The smallest absolute Gasteiger partial charge is 0.185 e. The molecular formula is C19H17ClO2. The molecule has 0 saturated heterocycles. The highest BCUT2D eigenvalue weighted by Gasteiger charge is 2.09. The average Bonchev–Trinajstić information content (AvgIpc) is 2.55. The van der Waals surface area contributed by atoms with Crippen LogP contribution in [0.15, 0.2) is 66.7 Å². The van der Waals surface area contributed by atoms with Crippen LogP contribution in [0, 0.1) is 0 Å². The highest BCUT2D eigenvalue weighted by Crippen LogP contribution is 2.22. The molecule has 0 N–H and O–H groups in total. The van der Waals surface area contributed by atoms with Crippen LogP contribution in [0.3, 0.4) is 0 Å². The van der Waals surface area contributed by atoms with E-state index in [-0.39, 0.29) is 11.7 Å². The topological polar surface area (TPSA) is 34.1 Å². The van der Waals surface area contributed by atoms with Gasteiger partial charge in [-0.15, -0.1) is 0 Å². The number of ketones is 1. The van der Waals surface area contributed by atoms with E-state index in [1.54, 1.807) is 30.3 Å². The summed E-state index contributed by atoms with van der Waals surface area (Å²) in [5.74, 6) is 0.0440. The molecule has 0 radical (unpaired) electrons. The summed E-state index contributed by atoms with van der Waals surface area (Å²) in [5.41, 5.74) is 1.71. The van der Waals surface area contributed by atoms with Crippen molar-refractivity contribution >= 4 is 23.7 Å². The van der Waals surface area contributed by atoms with Gasteiger partial charge in [-0.05, 0) is 48.2 Å². The average molecular weight is 313 g/mol. The van der Waals surface area contributed by atoms with Crippen molar-refractivity contribution < 1.29 is 9.59 Å². The molecule has 0 unspecified atom stereocenters. The van der Waals surface area contributed by atoms with Crippen molar-refractivity contribution in [2.24, 2.45) is 0 Å². The molecule has 2 nitrogen and oxygen atoms in total. The number of benzene rings is 2. The standard InChI is InChI=1S/C19H17ClO2/c20-18-11-9-17(10-12-18)19(22)8-4-7-16(13-14-21)15-5-2-1-3-6-15/h1-6,8-12,14,16H,7,13H2/b8-4+/t16-/m1/s1. The number of rotatable bonds is 7. The molecule has 0 heterocycles. The number of hydrogen-bond acceptors (Lipinski definition) is 2. The summed E-state index contributed by atoms with van der Waals surface area (Å²) in [6.45, 7) is 0. The Morgan fingerprint density at radius 1 is 1.00 bits per heavy atom. The Hall–Kier alpha value is -2.19. The summed E-state index contributed by atoms with van der Waals surface area (Å²) in [6, 6.07) is 16.7. The highest BCUT2D eigenvalue weighted by atomic mass is 35.5. The van der Waals surface area contributed by atoms with Gasteiger partial charge in [-0.2, -0.15) is 0 Å². The molecule has 0 spiro atoms. The van der Waals surface area contributed by atoms with Crippen LogP contribution in [-0.2, 0) is 4.79 Å². The van der Waals surface area contributed by atoms with Gasteiger partial charge in [0.2, 0.25) is 0 Å². The predicted molar refractivity (Wildman–Crippen MR) is 89.4 cm³/mol. The van der Waals surface area contributed by atoms with Gasteiger partial charge in [0.15, 0.2) is 5.78 Å². The van der Waals surface area contributed by atoms with Gasteiger partial charge in [-0.25, -0.2) is 0 Å². The normalized spacial score (nSPS) is 12.2. The van der Waals surface area contributed by atoms with Crippen LogP contribution in [0.5, 0.6) is 0 Å². The molecular weight excluding hydrogens is 296 g/mol. The van der Waals surface area contributed by atoms with E-state index in [0.717, 1.165) is 11.8 Å². The van der Waals surface area contributed by atoms with E-state index < -0.39 is 0 Å². The van der Waals surface area contributed by atoms with Crippen LogP contribution >= 0.6 is 11.6 Å². The highest BCUT2D eigenvalue weighted by molar-refractivity contribution is 6.30. The van der Waals surface area contributed by atoms with Crippen molar-refractivity contribution in [3.05, 3.63) is 82.9 Å². The Bertz CT molecular complexity index is 645. The van der Waals surface area contributed by atoms with E-state index >= 15 is 0 Å². The zero-order valence-electron chi connectivity index (χ0n) is 12.1. The quantitative estimate of drug-likeness (QED) is 0.416. The molecule has 2 aromatic rings. The first-order valence-corrected chi connectivity index (χ1v) is 7.53. The third-order valence-corrected chi connectivity index (χ3v) is 3.72. The van der Waals surface area contributed by atoms with E-state index in [1.807, 2.05) is 36.4 Å². The number of carbonyl (C=O) groups excluding carboxylic acids is 2. The summed E-state index contributed by atoms with van der Waals surface area (Å²) < 4.78 is 0. The fourth-order valence-corrected chi connectivity index (χ4v) is 2.39. The van der Waals surface area contributed by atoms with Crippen molar-refractivity contribution in [2.75, 3.05) is 0 Å². The fourth-order valence-electron chi connectivity index (χ4n) is 2.26. The van der Waals surface area contributed by atoms with Crippen molar-refractivity contribution in [2.45, 2.75) is 18.8 Å². The molecule has 0 aromatic heterocycles. The number of halogens is 1. The number of aldehydes is 1. The van der Waals surface area contributed by atoms with Gasteiger partial charge in [-0.3, -0.25) is 4.79 Å². The minimum Gasteiger partial charge on any atom is -0.303 e. The monoisotopic (exact) mass is 312 g/mol. The van der Waals surface area contributed by atoms with E-state index in [9.17, 15) is 9.59 Å². The van der Waals surface area contributed by atoms with E-state index in [2.05, 4.69) is 0 Å². The third kappa shape index (κ3) is 4.68. The first-order chi connectivity index (χ1) is 10.7. The summed E-state index contributed by atoms with van der Waals surface area (Å²) in [4.78, 5) is 22.9. The summed E-state index contributed by atoms with van der Waals surface area (Å²) in [5, 5.41) is 0.607. The van der Waals surface area contributed by atoms with Crippen molar-refractivity contribution in [3.63, 3.8) is 0 Å². The second kappa shape index (κ2) is 8.30. The van der Waals surface area contributed by atoms with Gasteiger partial charge in [0, 0.05) is 17.0 Å². The molecule has 0 saturated carbocycles. The Morgan fingerprint density at radius 3 is 2.32 bits per heavy atom. The largest absolute Gasteiger partial charge is 0.303 e. The second-order valence-corrected chi connectivity index (χ2v) is 5.46. The summed E-state index contributed by atoms with van der Waals surface area (Å²) in [7, 11) is 0. The first-order valence-electron chi connectivity index (χ1n) is 7.15. The van der Waals surface area contributed by atoms with Gasteiger partial charge in [0.1, 0.15) is 6.29 Å². The molecule has 0 aliphatic rings. The number of carbonyl (C=O) groups is 2. The zero-order valence-corrected chi connectivity index (χ0v) is 12.9. The van der Waals surface area contributed by atoms with Crippen molar-refractivity contribution in [1.29, 1.82) is 0 Å². The molecule has 0 bridgehead atoms. The van der Waals surface area contributed by atoms with Crippen molar-refractivity contribution in [1.82, 2.24) is 0 Å². The van der Waals surface area contributed by atoms with Crippen molar-refractivity contribution in [3.8, 4) is 0 Å². The van der Waals surface area contributed by atoms with Crippen LogP contribution in [0.1, 0.15) is 34.7 Å². The van der Waals surface area contributed by atoms with E-state index in [0.29, 0.717) is 23.4 Å². The molecule has 0 fully saturated rings. The molecule has 2 rings (SSSR count). The maximum absolute atomic E-state index is 12.0. The molecule has 0 aliphatic heterocycles. The number of allylic oxidation sites excluding steroid dienone is 2. The number of hydrogen-bond donors (Lipinski definition) is 0. The van der Waals surface area contributed by atoms with Crippen LogP contribution in [0.2, 0.25) is 5.02 Å². The van der Waals surface area contributed by atoms with Crippen LogP contribution in [0.25, 0.3) is 0 Å². The lowest BCUT2D eigenvalue weighted by Crippen LogP contribution is -1.99. The van der Waals surface area contributed by atoms with Gasteiger partial charge >= 0.3 is 0 Å². The van der Waals surface area contributed by atoms with Gasteiger partial charge in [0.25, 0.3) is 0 Å². The molecule has 1 atom stereocenters. The van der Waals surface area contributed by atoms with E-state index in [1.165, 1.54) is 0 Å². The lowest BCUT2D eigenvalue weighted by molar-refractivity contribution is -0.108. The van der Waals surface area contributed by atoms with Crippen LogP contribution in [-0.4, -0.2) is 12.1 Å². The van der Waals surface area contributed by atoms with Gasteiger partial charge < -0.3 is 4.79 Å². The lowest BCUT2D eigenvalue weighted by Gasteiger charge is -2.11. The summed E-state index contributed by atoms with van der Waals surface area (Å²) in [6.07, 6.45) is 5.42. The maximum atomic E-state index is 12.0. The Morgan fingerprint density at radius 2 is 1.68 bits per heavy atom. The minimum absolute atomic E-state index is 0.0606. The fraction of sp³-hybridized carbons (Fsp3) is 0.158. The SMILES string of the molecule is O=CC[C@@H](C/C=C/C(=O)c1ccc(Cl)cc1)c1ccccc1. The van der Waals surface area contributed by atoms with E-state index in [4.69, 9.17) is 11.6 Å². The maximum Gasteiger partial charge on any atom is 0.185 e. The van der Waals surface area contributed by atoms with Gasteiger partial charge in [0.05, 0.1) is 0 Å². The lowest BCUT2D eigenvalue weighted by atomic mass is 9.93. The zero-order chi connectivity index (χ0) is 15.8. The molecule has 3 heteroatoms. The molecule has 2 aromatic carbocycles. The Labute approximate surface area is 135 Å². The van der Waals surface area contributed by atoms with Crippen LogP contribution < -0.4 is 0 Å². The second-order valence-electron chi connectivity index (χ2n) is 5.02. The van der Waals surface area contributed by atoms with Gasteiger partial charge in [-0.1, -0.05) is 48.0 Å². The Kier molecular flexibility index (Phi) is 6.11. The molecule has 0 amide bonds. The molecule has 22 heavy (non-hydrogen) atoms. The Balaban J connectivity index is 2.01. The third-order valence-electron chi connectivity index (χ3n) is 3.47. The predicted octanol–water partition coefficient (Wildman–Crippen LogP) is 4.84.